The first-order valence-corrected chi connectivity index (χ1v) is 6.54. The lowest BCUT2D eigenvalue weighted by molar-refractivity contribution is -0.134. The molecule has 9 heteroatoms. The van der Waals surface area contributed by atoms with Gasteiger partial charge in [0.1, 0.15) is 0 Å². The number of rotatable bonds is 8. The maximum absolute atomic E-state index is 11.6. The molecular weight excluding hydrogens is 268 g/mol. The Morgan fingerprint density at radius 1 is 1.20 bits per heavy atom. The molecule has 0 aliphatic heterocycles. The fraction of sp³-hybridized carbons (Fsp3) is 0.833. The van der Waals surface area contributed by atoms with E-state index >= 15 is 0 Å². The van der Waals surface area contributed by atoms with E-state index in [1.165, 1.54) is 0 Å². The minimum absolute atomic E-state index is 0.0705. The summed E-state index contributed by atoms with van der Waals surface area (Å²) in [7, 11) is -3.92. The Morgan fingerprint density at radius 2 is 1.67 bits per heavy atom. The summed E-state index contributed by atoms with van der Waals surface area (Å²) in [6.45, 7) is -0.559. The van der Waals surface area contributed by atoms with Crippen molar-refractivity contribution >= 4 is 37.0 Å². The van der Waals surface area contributed by atoms with E-state index in [0.29, 0.717) is 0 Å². The van der Waals surface area contributed by atoms with E-state index in [-0.39, 0.29) is 25.0 Å². The van der Waals surface area contributed by atoms with E-state index in [2.05, 4.69) is 4.52 Å². The highest BCUT2D eigenvalue weighted by molar-refractivity contribution is 7.49. The summed E-state index contributed by atoms with van der Waals surface area (Å²) in [5.74, 6) is -0.703. The first-order chi connectivity index (χ1) is 7.08. The predicted octanol–water partition coefficient (Wildman–Crippen LogP) is 1.11. The Labute approximate surface area is 97.6 Å². The highest BCUT2D eigenvalue weighted by Crippen LogP contribution is 2.49. The molecule has 0 bridgehead atoms. The molecule has 0 fully saturated rings. The van der Waals surface area contributed by atoms with Gasteiger partial charge in [0.05, 0.1) is 19.8 Å². The van der Waals surface area contributed by atoms with Crippen LogP contribution in [0.2, 0.25) is 0 Å². The topological polar surface area (TPSA) is 87.9 Å². The molecule has 0 heterocycles. The normalized spacial score (nSPS) is 11.4. The van der Waals surface area contributed by atoms with Gasteiger partial charge in [0, 0.05) is 11.8 Å². The quantitative estimate of drug-likeness (QED) is 0.529. The van der Waals surface area contributed by atoms with Crippen molar-refractivity contribution < 1.29 is 22.9 Å². The number of phosphoric acid groups is 1. The third kappa shape index (κ3) is 7.11. The van der Waals surface area contributed by atoms with Crippen LogP contribution in [0.3, 0.4) is 0 Å². The van der Waals surface area contributed by atoms with Crippen molar-refractivity contribution in [2.45, 2.75) is 0 Å². The van der Waals surface area contributed by atoms with Gasteiger partial charge in [-0.05, 0) is 0 Å². The maximum atomic E-state index is 11.6. The Kier molecular flexibility index (Phi) is 8.42. The van der Waals surface area contributed by atoms with Crippen molar-refractivity contribution in [2.24, 2.45) is 5.73 Å². The first kappa shape index (κ1) is 15.2. The zero-order valence-electron chi connectivity index (χ0n) is 7.86. The molecule has 0 aromatic rings. The van der Waals surface area contributed by atoms with Gasteiger partial charge in [-0.1, -0.05) is 0 Å². The van der Waals surface area contributed by atoms with Gasteiger partial charge < -0.3 is 10.3 Å². The minimum atomic E-state index is -3.92. The second kappa shape index (κ2) is 8.33. The molecule has 0 saturated carbocycles. The van der Waals surface area contributed by atoms with Crippen LogP contribution < -0.4 is 5.73 Å². The molecule has 0 atom stereocenters. The number of halogens is 2. The van der Waals surface area contributed by atoms with Crippen molar-refractivity contribution in [3.05, 3.63) is 0 Å². The third-order valence-electron chi connectivity index (χ3n) is 1.03. The van der Waals surface area contributed by atoms with E-state index in [9.17, 15) is 9.36 Å². The standard InChI is InChI=1S/C6H12Cl2NO5P/c7-1-3-12-15(11,13-4-2-8)14-6(10)5-9/h1-5,9H2. The Balaban J connectivity index is 4.26. The lowest BCUT2D eigenvalue weighted by Gasteiger charge is -2.15. The fourth-order valence-electron chi connectivity index (χ4n) is 0.545. The summed E-state index contributed by atoms with van der Waals surface area (Å²) in [6, 6.07) is 0. The molecule has 0 saturated heterocycles. The van der Waals surface area contributed by atoms with Crippen molar-refractivity contribution in [3.8, 4) is 0 Å². The van der Waals surface area contributed by atoms with Crippen LogP contribution in [0.25, 0.3) is 0 Å². The monoisotopic (exact) mass is 279 g/mol. The van der Waals surface area contributed by atoms with Crippen LogP contribution in [0.4, 0.5) is 0 Å². The zero-order chi connectivity index (χ0) is 11.7. The largest absolute Gasteiger partial charge is 0.532 e. The summed E-state index contributed by atoms with van der Waals surface area (Å²) >= 11 is 10.6. The molecule has 2 N–H and O–H groups in total. The molecule has 0 unspecified atom stereocenters. The maximum Gasteiger partial charge on any atom is 0.532 e. The number of nitrogens with two attached hydrogens (primary N) is 1. The van der Waals surface area contributed by atoms with Crippen molar-refractivity contribution in [2.75, 3.05) is 31.5 Å². The molecule has 0 aromatic heterocycles. The van der Waals surface area contributed by atoms with E-state index < -0.39 is 20.3 Å². The number of hydrogen-bond donors (Lipinski definition) is 1. The molecule has 0 aliphatic rings. The van der Waals surface area contributed by atoms with Crippen molar-refractivity contribution in [1.29, 1.82) is 0 Å². The van der Waals surface area contributed by atoms with Crippen LogP contribution in [-0.2, 0) is 22.9 Å². The highest BCUT2D eigenvalue weighted by atomic mass is 35.5. The lowest BCUT2D eigenvalue weighted by atomic mass is 10.7. The van der Waals surface area contributed by atoms with Gasteiger partial charge in [0.15, 0.2) is 0 Å². The van der Waals surface area contributed by atoms with Gasteiger partial charge >= 0.3 is 13.8 Å². The summed E-state index contributed by atoms with van der Waals surface area (Å²) in [5, 5.41) is 0. The number of alkyl halides is 2. The van der Waals surface area contributed by atoms with E-state index in [4.69, 9.17) is 38.0 Å². The van der Waals surface area contributed by atoms with Crippen LogP contribution in [0.5, 0.6) is 0 Å². The minimum Gasteiger partial charge on any atom is -0.369 e. The molecule has 0 radical (unpaired) electrons. The van der Waals surface area contributed by atoms with Gasteiger partial charge in [-0.25, -0.2) is 4.57 Å². The summed E-state index contributed by atoms with van der Waals surface area (Å²) in [6.07, 6.45) is 0. The summed E-state index contributed by atoms with van der Waals surface area (Å²) in [5.41, 5.74) is 4.98. The van der Waals surface area contributed by atoms with Gasteiger partial charge in [-0.15, -0.1) is 23.2 Å². The number of phosphoric ester groups is 1. The Hall–Kier alpha value is 0.160. The van der Waals surface area contributed by atoms with Crippen molar-refractivity contribution in [1.82, 2.24) is 0 Å². The molecular formula is C6H12Cl2NO5P. The van der Waals surface area contributed by atoms with E-state index in [0.717, 1.165) is 0 Å². The first-order valence-electron chi connectivity index (χ1n) is 4.01. The van der Waals surface area contributed by atoms with Gasteiger partial charge in [0.25, 0.3) is 0 Å². The molecule has 6 nitrogen and oxygen atoms in total. The zero-order valence-corrected chi connectivity index (χ0v) is 10.3. The van der Waals surface area contributed by atoms with Gasteiger partial charge in [0.2, 0.25) is 0 Å². The van der Waals surface area contributed by atoms with E-state index in [1.807, 2.05) is 0 Å². The summed E-state index contributed by atoms with van der Waals surface area (Å²) in [4.78, 5) is 10.8. The average molecular weight is 280 g/mol. The van der Waals surface area contributed by atoms with E-state index in [1.54, 1.807) is 0 Å². The molecule has 0 amide bonds. The number of carbonyl (C=O) groups is 1. The molecule has 15 heavy (non-hydrogen) atoms. The molecule has 0 spiro atoms. The SMILES string of the molecule is NCC(=O)OP(=O)(OCCCl)OCCCl. The molecule has 0 aromatic carbocycles. The van der Waals surface area contributed by atoms with Crippen LogP contribution in [-0.4, -0.2) is 37.5 Å². The van der Waals surface area contributed by atoms with Crippen LogP contribution in [0.1, 0.15) is 0 Å². The number of hydrogen-bond acceptors (Lipinski definition) is 6. The van der Waals surface area contributed by atoms with Crippen LogP contribution in [0, 0.1) is 0 Å². The fourth-order valence-corrected chi connectivity index (χ4v) is 2.05. The lowest BCUT2D eigenvalue weighted by Crippen LogP contribution is -2.17. The van der Waals surface area contributed by atoms with Crippen LogP contribution >= 0.6 is 31.0 Å². The Morgan fingerprint density at radius 3 is 2.00 bits per heavy atom. The second-order valence-corrected chi connectivity index (χ2v) is 4.51. The smallest absolute Gasteiger partial charge is 0.369 e. The third-order valence-corrected chi connectivity index (χ3v) is 2.77. The average Bonchev–Trinajstić information content (AvgIpc) is 2.23. The summed E-state index contributed by atoms with van der Waals surface area (Å²) < 4.78 is 25.5. The number of carbonyl (C=O) groups excluding carboxylic acids is 1. The van der Waals surface area contributed by atoms with Crippen LogP contribution in [0.15, 0.2) is 0 Å². The molecule has 0 aliphatic carbocycles. The highest BCUT2D eigenvalue weighted by Gasteiger charge is 2.30. The molecule has 0 rings (SSSR count). The second-order valence-electron chi connectivity index (χ2n) is 2.16. The van der Waals surface area contributed by atoms with Gasteiger partial charge in [-0.2, -0.15) is 0 Å². The molecule has 90 valence electrons. The Bertz CT molecular complexity index is 228. The predicted molar refractivity (Wildman–Crippen MR) is 56.1 cm³/mol. The van der Waals surface area contributed by atoms with Crippen molar-refractivity contribution in [3.63, 3.8) is 0 Å². The van der Waals surface area contributed by atoms with Gasteiger partial charge in [-0.3, -0.25) is 13.8 Å².